The van der Waals surface area contributed by atoms with Crippen LogP contribution in [0.5, 0.6) is 0 Å². The van der Waals surface area contributed by atoms with E-state index < -0.39 is 10.1 Å². The van der Waals surface area contributed by atoms with Gasteiger partial charge < -0.3 is 4.55 Å². The summed E-state index contributed by atoms with van der Waals surface area (Å²) in [6.45, 7) is 1.82. The van der Waals surface area contributed by atoms with Gasteiger partial charge in [-0.05, 0) is 37.1 Å². The molecule has 2 aromatic carbocycles. The van der Waals surface area contributed by atoms with Crippen molar-refractivity contribution in [1.29, 1.82) is 0 Å². The fourth-order valence-electron chi connectivity index (χ4n) is 2.11. The van der Waals surface area contributed by atoms with E-state index in [0.29, 0.717) is 0 Å². The standard InChI is InChI=1S/C10H9NO.C7H8O3S.CH3.Sn/c12-8-11-7-3-5-9-4-1-2-6-10(9)11;1-6-2-4-7(5-3-6)11(8,9)10;;/h1-4,6-8H,5H2;2-5H,1H3,(H,8,9,10);1H3;/q;;;+1/p-1. The fourth-order valence-corrected chi connectivity index (χ4v) is 2.58. The van der Waals surface area contributed by atoms with Crippen LogP contribution in [0, 0.1) is 6.92 Å². The van der Waals surface area contributed by atoms with Gasteiger partial charge in [-0.15, -0.1) is 0 Å². The van der Waals surface area contributed by atoms with Gasteiger partial charge in [0.05, 0.1) is 10.6 Å². The summed E-state index contributed by atoms with van der Waals surface area (Å²) in [6.07, 6.45) is 5.53. The van der Waals surface area contributed by atoms with Crippen molar-refractivity contribution in [1.82, 2.24) is 0 Å². The molecule has 3 rings (SSSR count). The van der Waals surface area contributed by atoms with Gasteiger partial charge >= 0.3 is 27.5 Å². The number of aryl methyl sites for hydroxylation is 1. The number of benzene rings is 2. The van der Waals surface area contributed by atoms with Crippen LogP contribution in [-0.2, 0) is 21.3 Å². The summed E-state index contributed by atoms with van der Waals surface area (Å²) in [7, 11) is -4.27. The molecule has 0 N–H and O–H groups in total. The molecule has 0 unspecified atom stereocenters. The van der Waals surface area contributed by atoms with Gasteiger partial charge in [0.25, 0.3) is 0 Å². The summed E-state index contributed by atoms with van der Waals surface area (Å²) >= 11 is 1.55. The molecule has 1 amide bonds. The third kappa shape index (κ3) is 6.64. The van der Waals surface area contributed by atoms with Gasteiger partial charge in [-0.25, -0.2) is 8.42 Å². The number of rotatable bonds is 2. The van der Waals surface area contributed by atoms with E-state index in [1.807, 2.05) is 37.3 Å². The molecule has 5 nitrogen and oxygen atoms in total. The van der Waals surface area contributed by atoms with Crippen molar-refractivity contribution in [2.45, 2.75) is 23.2 Å². The van der Waals surface area contributed by atoms with Gasteiger partial charge in [0, 0.05) is 6.20 Å². The summed E-state index contributed by atoms with van der Waals surface area (Å²) in [4.78, 5) is 14.1. The third-order valence-electron chi connectivity index (χ3n) is 3.30. The van der Waals surface area contributed by atoms with Gasteiger partial charge in [0.2, 0.25) is 6.41 Å². The van der Waals surface area contributed by atoms with Crippen LogP contribution in [0.4, 0.5) is 5.69 Å². The zero-order valence-electron chi connectivity index (χ0n) is 14.0. The molecule has 1 heterocycles. The zero-order chi connectivity index (χ0) is 18.9. The number of para-hydroxylation sites is 1. The van der Waals surface area contributed by atoms with E-state index in [4.69, 9.17) is 0 Å². The van der Waals surface area contributed by atoms with E-state index >= 15 is 0 Å². The molecular weight excluding hydrogens is 445 g/mol. The molecule has 0 aliphatic carbocycles. The Kier molecular flexibility index (Phi) is 8.88. The van der Waals surface area contributed by atoms with Gasteiger partial charge in [-0.2, -0.15) is 0 Å². The molecule has 25 heavy (non-hydrogen) atoms. The zero-order valence-corrected chi connectivity index (χ0v) is 17.7. The van der Waals surface area contributed by atoms with Crippen LogP contribution in [0.2, 0.25) is 4.94 Å². The Balaban J connectivity index is 0.000000229. The molecule has 130 valence electrons. The third-order valence-corrected chi connectivity index (χ3v) is 4.15. The van der Waals surface area contributed by atoms with Crippen molar-refractivity contribution in [3.05, 3.63) is 71.9 Å². The molecule has 2 radical (unpaired) electrons. The van der Waals surface area contributed by atoms with Gasteiger partial charge in [0.15, 0.2) is 0 Å². The molecule has 2 aromatic rings. The first-order chi connectivity index (χ1) is 11.9. The average Bonchev–Trinajstić information content (AvgIpc) is 2.63. The van der Waals surface area contributed by atoms with Crippen LogP contribution in [-0.4, -0.2) is 41.9 Å². The molecule has 0 saturated heterocycles. The molecule has 0 aromatic heterocycles. The summed E-state index contributed by atoms with van der Waals surface area (Å²) in [6, 6.07) is 13.7. The second kappa shape index (κ2) is 10.4. The van der Waals surface area contributed by atoms with E-state index in [1.165, 1.54) is 17.7 Å². The van der Waals surface area contributed by atoms with Crippen molar-refractivity contribution in [2.24, 2.45) is 0 Å². The Morgan fingerprint density at radius 3 is 2.24 bits per heavy atom. The van der Waals surface area contributed by atoms with Gasteiger partial charge in [-0.3, -0.25) is 9.69 Å². The van der Waals surface area contributed by atoms with Gasteiger partial charge in [-0.1, -0.05) is 42.0 Å². The van der Waals surface area contributed by atoms with Gasteiger partial charge in [0.1, 0.15) is 10.1 Å². The summed E-state index contributed by atoms with van der Waals surface area (Å²) < 4.78 is 31.2. The van der Waals surface area contributed by atoms with Crippen LogP contribution in [0.25, 0.3) is 0 Å². The van der Waals surface area contributed by atoms with E-state index in [-0.39, 0.29) is 4.90 Å². The van der Waals surface area contributed by atoms with Crippen molar-refractivity contribution < 1.29 is 17.8 Å². The Morgan fingerprint density at radius 2 is 1.68 bits per heavy atom. The second-order valence-electron chi connectivity index (χ2n) is 5.00. The molecule has 0 fully saturated rings. The number of amides is 1. The second-order valence-corrected chi connectivity index (χ2v) is 6.38. The Morgan fingerprint density at radius 1 is 1.08 bits per heavy atom. The van der Waals surface area contributed by atoms with Crippen LogP contribution in [0.3, 0.4) is 0 Å². The van der Waals surface area contributed by atoms with E-state index in [0.717, 1.165) is 24.1 Å². The van der Waals surface area contributed by atoms with Crippen LogP contribution >= 0.6 is 0 Å². The maximum atomic E-state index is 10.6. The molecule has 0 atom stereocenters. The number of carbonyl (C=O) groups is 1. The van der Waals surface area contributed by atoms with E-state index in [9.17, 15) is 17.8 Å². The number of hydrogen-bond acceptors (Lipinski definition) is 4. The van der Waals surface area contributed by atoms with E-state index in [2.05, 4.69) is 4.94 Å². The SMILES string of the molecule is Cc1ccc(S(=O)(=O)[O-])cc1.O=CN1C=CCc2ccccc21.[CH3][Sn+]. The topological polar surface area (TPSA) is 77.5 Å². The van der Waals surface area contributed by atoms with Crippen molar-refractivity contribution in [2.75, 3.05) is 4.90 Å². The molecule has 1 aliphatic heterocycles. The van der Waals surface area contributed by atoms with Crippen molar-refractivity contribution in [3.8, 4) is 0 Å². The number of nitrogens with zero attached hydrogens (tertiary/aromatic N) is 1. The van der Waals surface area contributed by atoms with Crippen LogP contribution < -0.4 is 4.90 Å². The van der Waals surface area contributed by atoms with Crippen LogP contribution in [0.15, 0.2) is 65.7 Å². The molecule has 0 spiro atoms. The summed E-state index contributed by atoms with van der Waals surface area (Å²) in [5.41, 5.74) is 3.12. The number of anilines is 1. The van der Waals surface area contributed by atoms with Crippen molar-refractivity contribution >= 4 is 44.7 Å². The Bertz CT molecular complexity index is 817. The molecule has 0 bridgehead atoms. The quantitative estimate of drug-likeness (QED) is 0.389. The Hall–Kier alpha value is -1.64. The van der Waals surface area contributed by atoms with Crippen molar-refractivity contribution in [3.63, 3.8) is 0 Å². The van der Waals surface area contributed by atoms with E-state index in [1.54, 1.807) is 45.8 Å². The molecule has 7 heteroatoms. The minimum atomic E-state index is -4.27. The molecular formula is C18H19NO4SSn. The Labute approximate surface area is 162 Å². The normalized spacial score (nSPS) is 12.0. The average molecular weight is 464 g/mol. The number of allylic oxidation sites excluding steroid dienone is 1. The number of fused-ring (bicyclic) bond motifs is 1. The maximum absolute atomic E-state index is 10.6. The number of carbonyl (C=O) groups excluding carboxylic acids is 1. The predicted molar refractivity (Wildman–Crippen MR) is 98.6 cm³/mol. The first-order valence-electron chi connectivity index (χ1n) is 7.42. The monoisotopic (exact) mass is 465 g/mol. The summed E-state index contributed by atoms with van der Waals surface area (Å²) in [5, 5.41) is 0. The van der Waals surface area contributed by atoms with Crippen LogP contribution in [0.1, 0.15) is 11.1 Å². The molecule has 1 aliphatic rings. The minimum absolute atomic E-state index is 0.178. The number of hydrogen-bond donors (Lipinski definition) is 0. The fraction of sp³-hybridized carbons (Fsp3) is 0.167. The predicted octanol–water partition coefficient (Wildman–Crippen LogP) is 2.82. The molecule has 0 saturated carbocycles. The first kappa shape index (κ1) is 21.4. The first-order valence-corrected chi connectivity index (χ1v) is 11.7. The summed E-state index contributed by atoms with van der Waals surface area (Å²) in [5.74, 6) is 0.